The second-order valence-corrected chi connectivity index (χ2v) is 10.5. The molecule has 32 heavy (non-hydrogen) atoms. The average molecular weight is 616 g/mol. The zero-order valence-corrected chi connectivity index (χ0v) is 23.2. The fourth-order valence-electron chi connectivity index (χ4n) is 3.03. The molecule has 0 amide bonds. The van der Waals surface area contributed by atoms with Gasteiger partial charge in [-0.05, 0) is 96.8 Å². The molecule has 2 aromatic rings. The first-order chi connectivity index (χ1) is 14.9. The molecule has 0 heterocycles. The molecule has 0 bridgehead atoms. The third-order valence-electron chi connectivity index (χ3n) is 5.56. The zero-order valence-electron chi connectivity index (χ0n) is 18.7. The molecule has 180 valence electrons. The predicted octanol–water partition coefficient (Wildman–Crippen LogP) is 6.92. The number of methoxy groups -OCH3 is 2. The molecule has 2 aromatic carbocycles. The molecule has 2 fully saturated rings. The number of nitrogens with one attached hydrogen (secondary N) is 1. The van der Waals surface area contributed by atoms with Crippen molar-refractivity contribution in [1.29, 1.82) is 0 Å². The van der Waals surface area contributed by atoms with E-state index in [4.69, 9.17) is 38.4 Å². The van der Waals surface area contributed by atoms with E-state index >= 15 is 0 Å². The maximum atomic E-state index is 5.82. The molecule has 0 spiro atoms. The summed E-state index contributed by atoms with van der Waals surface area (Å²) in [4.78, 5) is 0. The standard InChI is InChI=1S/C12H16ClNO.C6H4ClI.C6H13NO.ClH/c1-15-9-12(6-7-12)8-14-11-4-2-10(13)3-5-11;7-5-1-3-6(8)4-2-5;1-8-5-6(4-7)2-3-6;/h2-5,14H,6-9H2,1H3;1-4H;2-5,7H2,1H3;1H. The highest BCUT2D eigenvalue weighted by atomic mass is 127. The molecule has 8 heteroatoms. The van der Waals surface area contributed by atoms with Crippen molar-refractivity contribution < 1.29 is 9.47 Å². The van der Waals surface area contributed by atoms with Crippen LogP contribution in [-0.4, -0.2) is 40.5 Å². The average Bonchev–Trinajstić information content (AvgIpc) is 3.69. The second-order valence-electron chi connectivity index (χ2n) is 8.37. The summed E-state index contributed by atoms with van der Waals surface area (Å²) < 4.78 is 11.4. The van der Waals surface area contributed by atoms with Crippen LogP contribution in [0.1, 0.15) is 25.7 Å². The van der Waals surface area contributed by atoms with Crippen molar-refractivity contribution in [2.75, 3.05) is 45.8 Å². The summed E-state index contributed by atoms with van der Waals surface area (Å²) in [5.74, 6) is 0. The molecule has 0 aromatic heterocycles. The predicted molar refractivity (Wildman–Crippen MR) is 147 cm³/mol. The van der Waals surface area contributed by atoms with Crippen molar-refractivity contribution in [2.45, 2.75) is 25.7 Å². The van der Waals surface area contributed by atoms with E-state index in [9.17, 15) is 0 Å². The Morgan fingerprint density at radius 1 is 0.844 bits per heavy atom. The summed E-state index contributed by atoms with van der Waals surface area (Å²) >= 11 is 13.7. The highest BCUT2D eigenvalue weighted by molar-refractivity contribution is 14.1. The third kappa shape index (κ3) is 11.2. The van der Waals surface area contributed by atoms with E-state index in [1.165, 1.54) is 29.3 Å². The van der Waals surface area contributed by atoms with Gasteiger partial charge in [-0.1, -0.05) is 23.2 Å². The van der Waals surface area contributed by atoms with E-state index < -0.39 is 0 Å². The summed E-state index contributed by atoms with van der Waals surface area (Å²) in [6.07, 6.45) is 5.05. The maximum Gasteiger partial charge on any atom is 0.0535 e. The normalized spacial score (nSPS) is 16.3. The summed E-state index contributed by atoms with van der Waals surface area (Å²) in [7, 11) is 3.50. The maximum absolute atomic E-state index is 5.82. The van der Waals surface area contributed by atoms with Gasteiger partial charge < -0.3 is 20.5 Å². The molecule has 2 aliphatic rings. The molecule has 0 radical (unpaired) electrons. The number of halogens is 4. The van der Waals surface area contributed by atoms with Gasteiger partial charge in [-0.15, -0.1) is 12.4 Å². The smallest absolute Gasteiger partial charge is 0.0535 e. The Balaban J connectivity index is 0.000000257. The number of nitrogens with two attached hydrogens (primary N) is 1. The monoisotopic (exact) mass is 614 g/mol. The Morgan fingerprint density at radius 3 is 1.62 bits per heavy atom. The van der Waals surface area contributed by atoms with Crippen LogP contribution in [0.15, 0.2) is 48.5 Å². The summed E-state index contributed by atoms with van der Waals surface area (Å²) in [6, 6.07) is 15.5. The Kier molecular flexibility index (Phi) is 13.8. The van der Waals surface area contributed by atoms with Crippen molar-refractivity contribution in [3.63, 3.8) is 0 Å². The topological polar surface area (TPSA) is 56.5 Å². The van der Waals surface area contributed by atoms with Crippen LogP contribution in [0.3, 0.4) is 0 Å². The van der Waals surface area contributed by atoms with Crippen molar-refractivity contribution in [3.8, 4) is 0 Å². The van der Waals surface area contributed by atoms with Gasteiger partial charge in [0.1, 0.15) is 0 Å². The van der Waals surface area contributed by atoms with E-state index in [1.54, 1.807) is 14.2 Å². The molecule has 2 aliphatic carbocycles. The molecule has 4 rings (SSSR count). The van der Waals surface area contributed by atoms with Gasteiger partial charge in [-0.2, -0.15) is 0 Å². The first-order valence-corrected chi connectivity index (χ1v) is 12.3. The summed E-state index contributed by atoms with van der Waals surface area (Å²) in [6.45, 7) is 3.49. The van der Waals surface area contributed by atoms with Gasteiger partial charge in [0.2, 0.25) is 0 Å². The van der Waals surface area contributed by atoms with Crippen molar-refractivity contribution in [2.24, 2.45) is 16.6 Å². The fraction of sp³-hybridized carbons (Fsp3) is 0.500. The van der Waals surface area contributed by atoms with Gasteiger partial charge >= 0.3 is 0 Å². The molecule has 2 saturated carbocycles. The molecule has 3 N–H and O–H groups in total. The van der Waals surface area contributed by atoms with E-state index in [1.807, 2.05) is 48.5 Å². The highest BCUT2D eigenvalue weighted by Crippen LogP contribution is 2.45. The van der Waals surface area contributed by atoms with Gasteiger partial charge in [-0.25, -0.2) is 0 Å². The fourth-order valence-corrected chi connectivity index (χ4v) is 3.64. The van der Waals surface area contributed by atoms with Crippen LogP contribution in [-0.2, 0) is 9.47 Å². The summed E-state index contributed by atoms with van der Waals surface area (Å²) in [5, 5.41) is 4.99. The SMILES string of the molecule is COCC1(CN)CC1.COCC1(CNc2ccc(Cl)cc2)CC1.Cl.Clc1ccc(I)cc1. The molecule has 0 saturated heterocycles. The van der Waals surface area contributed by atoms with Gasteiger partial charge in [0.25, 0.3) is 0 Å². The molecule has 0 aliphatic heterocycles. The summed E-state index contributed by atoms with van der Waals surface area (Å²) in [5.41, 5.74) is 7.38. The minimum Gasteiger partial charge on any atom is -0.384 e. The first-order valence-electron chi connectivity index (χ1n) is 10.4. The lowest BCUT2D eigenvalue weighted by atomic mass is 10.1. The zero-order chi connectivity index (χ0) is 22.7. The van der Waals surface area contributed by atoms with Crippen LogP contribution in [0, 0.1) is 14.4 Å². The van der Waals surface area contributed by atoms with Gasteiger partial charge in [0.05, 0.1) is 13.2 Å². The van der Waals surface area contributed by atoms with Gasteiger partial charge in [0.15, 0.2) is 0 Å². The van der Waals surface area contributed by atoms with E-state index in [-0.39, 0.29) is 12.4 Å². The Hall–Kier alpha value is -0.280. The van der Waals surface area contributed by atoms with Gasteiger partial charge in [-0.3, -0.25) is 0 Å². The minimum absolute atomic E-state index is 0. The highest BCUT2D eigenvalue weighted by Gasteiger charge is 2.42. The lowest BCUT2D eigenvalue weighted by molar-refractivity contribution is 0.145. The van der Waals surface area contributed by atoms with Crippen LogP contribution < -0.4 is 11.1 Å². The Bertz CT molecular complexity index is 747. The lowest BCUT2D eigenvalue weighted by Gasteiger charge is -2.15. The molecule has 0 unspecified atom stereocenters. The van der Waals surface area contributed by atoms with Crippen LogP contribution in [0.4, 0.5) is 5.69 Å². The minimum atomic E-state index is 0. The van der Waals surface area contributed by atoms with Crippen LogP contribution in [0.5, 0.6) is 0 Å². The molecule has 4 nitrogen and oxygen atoms in total. The molecular formula is C24H34Cl3IN2O2. The van der Waals surface area contributed by atoms with E-state index in [2.05, 4.69) is 27.9 Å². The number of hydrogen-bond acceptors (Lipinski definition) is 4. The lowest BCUT2D eigenvalue weighted by Crippen LogP contribution is -2.20. The van der Waals surface area contributed by atoms with E-state index in [0.29, 0.717) is 10.8 Å². The molecular weight excluding hydrogens is 582 g/mol. The third-order valence-corrected chi connectivity index (χ3v) is 6.79. The number of ether oxygens (including phenoxy) is 2. The van der Waals surface area contributed by atoms with Crippen LogP contribution in [0.2, 0.25) is 10.0 Å². The van der Waals surface area contributed by atoms with Crippen LogP contribution in [0.25, 0.3) is 0 Å². The van der Waals surface area contributed by atoms with Gasteiger partial charge in [0, 0.05) is 57.4 Å². The van der Waals surface area contributed by atoms with Crippen molar-refractivity contribution in [3.05, 3.63) is 62.1 Å². The quantitative estimate of drug-likeness (QED) is 0.317. The number of benzene rings is 2. The number of hydrogen-bond donors (Lipinski definition) is 2. The second kappa shape index (κ2) is 14.9. The molecule has 0 atom stereocenters. The largest absolute Gasteiger partial charge is 0.384 e. The van der Waals surface area contributed by atoms with E-state index in [0.717, 1.165) is 42.0 Å². The Labute approximate surface area is 222 Å². The number of rotatable bonds is 8. The first kappa shape index (κ1) is 29.8. The Morgan fingerprint density at radius 2 is 1.28 bits per heavy atom. The van der Waals surface area contributed by atoms with Crippen LogP contribution >= 0.6 is 58.2 Å². The number of anilines is 1. The van der Waals surface area contributed by atoms with Crippen molar-refractivity contribution >= 4 is 63.9 Å². The van der Waals surface area contributed by atoms with Crippen molar-refractivity contribution in [1.82, 2.24) is 0 Å².